The number of β-lactam (4-membered cyclic amide) rings is 1. The number of aromatic nitrogens is 3. The van der Waals surface area contributed by atoms with E-state index in [0.29, 0.717) is 10.8 Å². The summed E-state index contributed by atoms with van der Waals surface area (Å²) in [6, 6.07) is 3.63. The van der Waals surface area contributed by atoms with E-state index in [2.05, 4.69) is 19.7 Å². The Hall–Kier alpha value is -4.41. The lowest BCUT2D eigenvalue weighted by Gasteiger charge is -2.51. The van der Waals surface area contributed by atoms with Gasteiger partial charge in [-0.3, -0.25) is 9.59 Å². The molecule has 45 heavy (non-hydrogen) atoms. The van der Waals surface area contributed by atoms with Crippen LogP contribution in [0, 0.1) is 0 Å². The van der Waals surface area contributed by atoms with Gasteiger partial charge >= 0.3 is 5.97 Å². The van der Waals surface area contributed by atoms with Crippen molar-refractivity contribution in [2.45, 2.75) is 44.2 Å². The van der Waals surface area contributed by atoms with E-state index >= 15 is 0 Å². The number of nitrogens with one attached hydrogen (secondary N) is 1. The summed E-state index contributed by atoms with van der Waals surface area (Å²) in [5.74, 6) is -3.28. The Morgan fingerprint density at radius 3 is 2.64 bits per heavy atom. The quantitative estimate of drug-likeness (QED) is 0.0298. The summed E-state index contributed by atoms with van der Waals surface area (Å²) in [5.41, 5.74) is 9.85. The van der Waals surface area contributed by atoms with Gasteiger partial charge in [-0.1, -0.05) is 5.16 Å². The summed E-state index contributed by atoms with van der Waals surface area (Å²) in [6.45, 7) is 2.45. The number of benzene rings is 1. The van der Waals surface area contributed by atoms with Gasteiger partial charge in [0.15, 0.2) is 17.9 Å². The number of ether oxygens (including phenoxy) is 1. The number of aliphatic hydroxyl groups excluding tert-OH is 1. The number of hydroxylamine groups is 2. The van der Waals surface area contributed by atoms with Crippen LogP contribution in [-0.4, -0.2) is 98.3 Å². The Morgan fingerprint density at radius 2 is 2.07 bits per heavy atom. The molecule has 7 N–H and O–H groups in total. The van der Waals surface area contributed by atoms with E-state index < -0.39 is 64.3 Å². The molecule has 0 saturated carbocycles. The maximum atomic E-state index is 13.2. The number of rotatable bonds is 14. The fourth-order valence-corrected chi connectivity index (χ4v) is 5.32. The molecule has 4 rings (SSSR count). The Kier molecular flexibility index (Phi) is 9.60. The molecule has 1 fully saturated rings. The van der Waals surface area contributed by atoms with Gasteiger partial charge < -0.3 is 41.1 Å². The number of carbonyl (C=O) groups is 3. The second-order valence-electron chi connectivity index (χ2n) is 10.3. The summed E-state index contributed by atoms with van der Waals surface area (Å²) in [4.78, 5) is 46.7. The minimum Gasteiger partial charge on any atom is -0.724 e. The average molecular weight is 671 g/mol. The first-order chi connectivity index (χ1) is 21.0. The molecular formula is C24H30N8O11S2. The zero-order valence-corrected chi connectivity index (χ0v) is 25.6. The lowest BCUT2D eigenvalue weighted by molar-refractivity contribution is -0.731. The van der Waals surface area contributed by atoms with E-state index in [1.54, 1.807) is 36.1 Å². The molecule has 19 nitrogen and oxygen atoms in total. The Morgan fingerprint density at radius 1 is 1.36 bits per heavy atom. The molecule has 2 amide bonds. The van der Waals surface area contributed by atoms with Crippen LogP contribution in [0.5, 0.6) is 5.75 Å². The number of aryl methyl sites for hydroxylation is 1. The summed E-state index contributed by atoms with van der Waals surface area (Å²) in [7, 11) is -3.48. The van der Waals surface area contributed by atoms with E-state index in [4.69, 9.17) is 21.0 Å². The number of fused-ring (bicyclic) bond motifs is 1. The van der Waals surface area contributed by atoms with E-state index in [0.717, 1.165) is 22.2 Å². The highest BCUT2D eigenvalue weighted by molar-refractivity contribution is 7.80. The number of carboxylic acids is 1. The third-order valence-electron chi connectivity index (χ3n) is 6.74. The predicted octanol–water partition coefficient (Wildman–Crippen LogP) is -2.43. The number of anilines is 1. The summed E-state index contributed by atoms with van der Waals surface area (Å²) >= 11 is 0.941. The second-order valence-corrected chi connectivity index (χ2v) is 12.2. The average Bonchev–Trinajstić information content (AvgIpc) is 3.53. The Balaban J connectivity index is 1.49. The number of hydrogen-bond acceptors (Lipinski definition) is 15. The molecular weight excluding hydrogens is 640 g/mol. The van der Waals surface area contributed by atoms with Gasteiger partial charge in [0.25, 0.3) is 17.9 Å². The highest BCUT2D eigenvalue weighted by Gasteiger charge is 2.57. The second kappa shape index (κ2) is 12.9. The Labute approximate surface area is 259 Å². The minimum absolute atomic E-state index is 0.0408. The van der Waals surface area contributed by atoms with Crippen LogP contribution in [0.2, 0.25) is 0 Å². The van der Waals surface area contributed by atoms with Crippen molar-refractivity contribution in [1.82, 2.24) is 20.0 Å². The number of nitrogen functional groups attached to an aromatic ring is 1. The van der Waals surface area contributed by atoms with Gasteiger partial charge in [-0.2, -0.15) is 14.0 Å². The van der Waals surface area contributed by atoms with Gasteiger partial charge in [-0.25, -0.2) is 18.2 Å². The fraction of sp³-hybridized carbons (Fsp3) is 0.417. The van der Waals surface area contributed by atoms with Gasteiger partial charge in [0.05, 0.1) is 23.2 Å². The smallest absolute Gasteiger partial charge is 0.351 e. The molecule has 1 aliphatic rings. The first kappa shape index (κ1) is 33.5. The van der Waals surface area contributed by atoms with Crippen LogP contribution in [0.15, 0.2) is 34.9 Å². The number of nitrogens with zero attached hydrogens (tertiary/aromatic N) is 5. The number of thiazole rings is 1. The number of oxime groups is 1. The first-order valence-electron chi connectivity index (χ1n) is 13.0. The third-order valence-corrected chi connectivity index (χ3v) is 7.74. The molecule has 244 valence electrons. The zero-order chi connectivity index (χ0) is 33.3. The van der Waals surface area contributed by atoms with Gasteiger partial charge in [-0.15, -0.1) is 16.0 Å². The molecule has 0 spiro atoms. The predicted molar refractivity (Wildman–Crippen MR) is 153 cm³/mol. The van der Waals surface area contributed by atoms with Crippen molar-refractivity contribution in [3.8, 4) is 5.75 Å². The van der Waals surface area contributed by atoms with E-state index in [1.807, 2.05) is 4.68 Å². The summed E-state index contributed by atoms with van der Waals surface area (Å²) < 4.78 is 46.3. The van der Waals surface area contributed by atoms with Crippen LogP contribution in [0.1, 0.15) is 19.5 Å². The Bertz CT molecular complexity index is 1750. The topological polar surface area (TPSA) is 278 Å². The number of carboxylic acid groups (broad SMARTS) is 1. The normalized spacial score (nSPS) is 17.9. The van der Waals surface area contributed by atoms with Gasteiger partial charge in [-0.05, 0) is 26.0 Å². The van der Waals surface area contributed by atoms with Crippen molar-refractivity contribution in [2.24, 2.45) is 17.9 Å². The van der Waals surface area contributed by atoms with Crippen LogP contribution in [-0.2, 0) is 47.5 Å². The zero-order valence-electron chi connectivity index (χ0n) is 24.0. The van der Waals surface area contributed by atoms with Gasteiger partial charge in [0.2, 0.25) is 15.9 Å². The number of hydrogen-bond donors (Lipinski definition) is 5. The molecule has 3 heterocycles. The van der Waals surface area contributed by atoms with Crippen molar-refractivity contribution in [2.75, 3.05) is 18.9 Å². The van der Waals surface area contributed by atoms with Crippen LogP contribution in [0.3, 0.4) is 0 Å². The largest absolute Gasteiger partial charge is 0.724 e. The third kappa shape index (κ3) is 7.46. The van der Waals surface area contributed by atoms with Crippen molar-refractivity contribution in [3.05, 3.63) is 35.5 Å². The number of aliphatic hydroxyl groups is 1. The highest BCUT2D eigenvalue weighted by Crippen LogP contribution is 2.33. The number of aliphatic carboxylic acids is 1. The van der Waals surface area contributed by atoms with Gasteiger partial charge in [0.1, 0.15) is 30.6 Å². The van der Waals surface area contributed by atoms with Crippen LogP contribution >= 0.6 is 11.3 Å². The SMILES string of the molecule is C[n+]1c2ccc(OC[C@H](O/N=C(\C(=O)N[C@@H]3C(=O)N(OS(=O)(=O)[O-])C3(C)C)c3csc(N)n3)C(=O)O)cc2cn1C[C@H](O)CN. The highest BCUT2D eigenvalue weighted by atomic mass is 32.3. The molecule has 21 heteroatoms. The molecule has 1 saturated heterocycles. The molecule has 0 unspecified atom stereocenters. The van der Waals surface area contributed by atoms with Crippen molar-refractivity contribution in [1.29, 1.82) is 0 Å². The van der Waals surface area contributed by atoms with Crippen LogP contribution in [0.4, 0.5) is 5.13 Å². The molecule has 3 aromatic rings. The van der Waals surface area contributed by atoms with Crippen LogP contribution < -0.4 is 26.2 Å². The summed E-state index contributed by atoms with van der Waals surface area (Å²) in [6.07, 6.45) is -0.699. The molecule has 0 aliphatic carbocycles. The fourth-order valence-electron chi connectivity index (χ4n) is 4.32. The molecule has 1 aliphatic heterocycles. The van der Waals surface area contributed by atoms with E-state index in [1.165, 1.54) is 19.2 Å². The van der Waals surface area contributed by atoms with Crippen molar-refractivity contribution in [3.63, 3.8) is 0 Å². The van der Waals surface area contributed by atoms with E-state index in [9.17, 15) is 37.6 Å². The number of carbonyl (C=O) groups excluding carboxylic acids is 2. The maximum absolute atomic E-state index is 13.2. The maximum Gasteiger partial charge on any atom is 0.351 e. The van der Waals surface area contributed by atoms with Crippen molar-refractivity contribution < 1.29 is 56.1 Å². The minimum atomic E-state index is -5.27. The number of nitrogens with two attached hydrogens (primary N) is 2. The first-order valence-corrected chi connectivity index (χ1v) is 15.2. The molecule has 2 aromatic heterocycles. The van der Waals surface area contributed by atoms with Crippen LogP contribution in [0.25, 0.3) is 10.9 Å². The molecule has 0 radical (unpaired) electrons. The lowest BCUT2D eigenvalue weighted by Crippen LogP contribution is -2.76. The summed E-state index contributed by atoms with van der Waals surface area (Å²) in [5, 5.41) is 28.1. The monoisotopic (exact) mass is 670 g/mol. The van der Waals surface area contributed by atoms with Gasteiger partial charge in [0, 0.05) is 18.0 Å². The molecule has 0 bridgehead atoms. The van der Waals surface area contributed by atoms with E-state index in [-0.39, 0.29) is 23.9 Å². The molecule has 3 atom stereocenters. The number of amides is 2. The lowest BCUT2D eigenvalue weighted by atomic mass is 9.84. The molecule has 1 aromatic carbocycles. The van der Waals surface area contributed by atoms with Crippen molar-refractivity contribution >= 4 is 61.3 Å². The standard InChI is InChI=1S/C24H30N8O11S2/c1-24(2)19(21(35)32(24)43-45(38,39)40)28-20(34)18(15-11-44-23(26)27-15)29-42-17(22(36)37)10-41-14-4-5-16-12(6-14)8-31(30(16)3)9-13(33)7-25/h4-6,8,11,13,17,19,33H,7,9-10,25H2,1-3H3,(H4-,26,27,28,34,36,37,38,39,40)/b29-18-/t13-,17+,19-/m1/s1.